The Bertz CT molecular complexity index is 647. The van der Waals surface area contributed by atoms with Crippen molar-refractivity contribution in [3.63, 3.8) is 0 Å². The van der Waals surface area contributed by atoms with E-state index in [0.29, 0.717) is 6.42 Å². The van der Waals surface area contributed by atoms with Crippen LogP contribution in [0, 0.1) is 5.92 Å². The molecule has 6 nitrogen and oxygen atoms in total. The smallest absolute Gasteiger partial charge is 0.410 e. The summed E-state index contributed by atoms with van der Waals surface area (Å²) >= 11 is 0. The maximum atomic E-state index is 13.4. The Morgan fingerprint density at radius 2 is 1.96 bits per heavy atom. The number of likely N-dealkylation sites (tertiary alicyclic amines) is 1. The molecule has 1 aromatic carbocycles. The van der Waals surface area contributed by atoms with E-state index in [1.807, 2.05) is 30.3 Å². The van der Waals surface area contributed by atoms with Gasteiger partial charge >= 0.3 is 12.2 Å². The highest BCUT2D eigenvalue weighted by Gasteiger charge is 2.40. The fraction of sp³-hybridized carbons (Fsp3) is 0.600. The van der Waals surface area contributed by atoms with Crippen LogP contribution < -0.4 is 5.32 Å². The fourth-order valence-electron chi connectivity index (χ4n) is 3.26. The number of carbonyl (C=O) groups excluding carboxylic acids is 2. The number of alkyl halides is 1. The molecule has 0 aliphatic carbocycles. The van der Waals surface area contributed by atoms with Crippen LogP contribution in [0.2, 0.25) is 0 Å². The number of ether oxygens (including phenoxy) is 2. The van der Waals surface area contributed by atoms with E-state index in [1.54, 1.807) is 27.7 Å². The van der Waals surface area contributed by atoms with Crippen LogP contribution in [0.3, 0.4) is 0 Å². The first-order valence-electron chi connectivity index (χ1n) is 9.13. The van der Waals surface area contributed by atoms with Gasteiger partial charge in [-0.3, -0.25) is 4.39 Å². The molecule has 7 heteroatoms. The normalized spacial score (nSPS) is 22.9. The molecule has 1 aromatic rings. The second-order valence-electron chi connectivity index (χ2n) is 8.33. The molecule has 1 N–H and O–H groups in total. The van der Waals surface area contributed by atoms with E-state index < -0.39 is 30.0 Å². The molecule has 2 rings (SSSR count). The average molecular weight is 380 g/mol. The molecule has 0 spiro atoms. The minimum Gasteiger partial charge on any atom is -0.445 e. The topological polar surface area (TPSA) is 67.9 Å². The number of halogens is 1. The summed E-state index contributed by atoms with van der Waals surface area (Å²) in [4.78, 5) is 26.1. The predicted octanol–water partition coefficient (Wildman–Crippen LogP) is 3.90. The van der Waals surface area contributed by atoms with E-state index >= 15 is 0 Å². The Kier molecular flexibility index (Phi) is 6.68. The zero-order valence-corrected chi connectivity index (χ0v) is 16.5. The van der Waals surface area contributed by atoms with Crippen LogP contribution in [0.25, 0.3) is 0 Å². The molecule has 2 unspecified atom stereocenters. The summed E-state index contributed by atoms with van der Waals surface area (Å²) in [6.45, 7) is 7.16. The Hall–Kier alpha value is -2.31. The van der Waals surface area contributed by atoms with Crippen molar-refractivity contribution in [2.75, 3.05) is 19.8 Å². The van der Waals surface area contributed by atoms with Gasteiger partial charge in [-0.15, -0.1) is 0 Å². The molecule has 27 heavy (non-hydrogen) atoms. The first kappa shape index (κ1) is 21.0. The molecule has 1 fully saturated rings. The van der Waals surface area contributed by atoms with E-state index in [9.17, 15) is 14.0 Å². The van der Waals surface area contributed by atoms with Crippen LogP contribution in [0.4, 0.5) is 14.0 Å². The lowest BCUT2D eigenvalue weighted by atomic mass is 9.85. The maximum absolute atomic E-state index is 13.4. The van der Waals surface area contributed by atoms with Gasteiger partial charge in [-0.25, -0.2) is 9.59 Å². The van der Waals surface area contributed by atoms with Gasteiger partial charge in [-0.2, -0.15) is 0 Å². The first-order chi connectivity index (χ1) is 12.6. The van der Waals surface area contributed by atoms with E-state index in [2.05, 4.69) is 5.32 Å². The molecular formula is C20H29FN2O4. The molecule has 150 valence electrons. The molecule has 0 aromatic heterocycles. The number of nitrogens with one attached hydrogen (secondary N) is 1. The van der Waals surface area contributed by atoms with Crippen molar-refractivity contribution in [1.29, 1.82) is 0 Å². The lowest BCUT2D eigenvalue weighted by Gasteiger charge is -2.43. The minimum absolute atomic E-state index is 0.146. The van der Waals surface area contributed by atoms with Crippen LogP contribution in [0.15, 0.2) is 30.3 Å². The predicted molar refractivity (Wildman–Crippen MR) is 100 cm³/mol. The van der Waals surface area contributed by atoms with E-state index in [-0.39, 0.29) is 25.6 Å². The Morgan fingerprint density at radius 1 is 1.30 bits per heavy atom. The summed E-state index contributed by atoms with van der Waals surface area (Å²) in [5.74, 6) is -0.372. The van der Waals surface area contributed by atoms with Crippen LogP contribution >= 0.6 is 0 Å². The van der Waals surface area contributed by atoms with E-state index in [4.69, 9.17) is 9.47 Å². The first-order valence-corrected chi connectivity index (χ1v) is 9.13. The number of hydrogen-bond donors (Lipinski definition) is 1. The third kappa shape index (κ3) is 6.73. The maximum Gasteiger partial charge on any atom is 0.410 e. The van der Waals surface area contributed by atoms with E-state index in [1.165, 1.54) is 4.90 Å². The van der Waals surface area contributed by atoms with Crippen molar-refractivity contribution in [3.05, 3.63) is 35.9 Å². The highest BCUT2D eigenvalue weighted by molar-refractivity contribution is 5.70. The SMILES string of the molecule is CC1(NC(=O)OC(C)(C)C)CC(CF)CN(C(=O)OCc2ccccc2)C1. The van der Waals surface area contributed by atoms with Crippen LogP contribution in [-0.4, -0.2) is 48.0 Å². The van der Waals surface area contributed by atoms with Gasteiger partial charge in [0.1, 0.15) is 12.2 Å². The molecule has 0 bridgehead atoms. The number of alkyl carbamates (subject to hydrolysis) is 1. The van der Waals surface area contributed by atoms with Crippen LogP contribution in [-0.2, 0) is 16.1 Å². The Balaban J connectivity index is 1.99. The van der Waals surface area contributed by atoms with Crippen molar-refractivity contribution in [3.8, 4) is 0 Å². The minimum atomic E-state index is -0.789. The van der Waals surface area contributed by atoms with Gasteiger partial charge < -0.3 is 19.7 Å². The third-order valence-electron chi connectivity index (χ3n) is 4.24. The van der Waals surface area contributed by atoms with Gasteiger partial charge in [-0.05, 0) is 39.7 Å². The quantitative estimate of drug-likeness (QED) is 0.860. The number of amides is 2. The van der Waals surface area contributed by atoms with Gasteiger partial charge in [0.15, 0.2) is 0 Å². The lowest BCUT2D eigenvalue weighted by molar-refractivity contribution is 0.0243. The zero-order valence-electron chi connectivity index (χ0n) is 16.5. The van der Waals surface area contributed by atoms with Gasteiger partial charge in [-0.1, -0.05) is 30.3 Å². The fourth-order valence-corrected chi connectivity index (χ4v) is 3.26. The molecule has 2 atom stereocenters. The number of rotatable bonds is 4. The standard InChI is InChI=1S/C20H29FN2O4/c1-19(2,3)27-17(24)22-20(4)10-16(11-21)12-23(14-20)18(25)26-13-15-8-6-5-7-9-15/h5-9,16H,10-14H2,1-4H3,(H,22,24). The second-order valence-corrected chi connectivity index (χ2v) is 8.33. The number of piperidine rings is 1. The Morgan fingerprint density at radius 3 is 2.56 bits per heavy atom. The van der Waals surface area contributed by atoms with Crippen molar-refractivity contribution >= 4 is 12.2 Å². The number of carbonyl (C=O) groups is 2. The number of benzene rings is 1. The van der Waals surface area contributed by atoms with Gasteiger partial charge in [0.2, 0.25) is 0 Å². The van der Waals surface area contributed by atoms with Crippen molar-refractivity contribution in [2.24, 2.45) is 5.92 Å². The van der Waals surface area contributed by atoms with Crippen molar-refractivity contribution < 1.29 is 23.5 Å². The highest BCUT2D eigenvalue weighted by Crippen LogP contribution is 2.27. The second kappa shape index (κ2) is 8.59. The van der Waals surface area contributed by atoms with E-state index in [0.717, 1.165) is 5.56 Å². The largest absolute Gasteiger partial charge is 0.445 e. The average Bonchev–Trinajstić information content (AvgIpc) is 2.57. The molecule has 1 aliphatic heterocycles. The third-order valence-corrected chi connectivity index (χ3v) is 4.24. The van der Waals surface area contributed by atoms with Crippen molar-refractivity contribution in [1.82, 2.24) is 10.2 Å². The van der Waals surface area contributed by atoms with Crippen LogP contribution in [0.5, 0.6) is 0 Å². The molecule has 1 saturated heterocycles. The lowest BCUT2D eigenvalue weighted by Crippen LogP contribution is -2.61. The van der Waals surface area contributed by atoms with Gasteiger partial charge in [0.05, 0.1) is 12.2 Å². The monoisotopic (exact) mass is 380 g/mol. The van der Waals surface area contributed by atoms with Gasteiger partial charge in [0, 0.05) is 19.0 Å². The summed E-state index contributed by atoms with van der Waals surface area (Å²) in [5, 5.41) is 2.80. The molecule has 0 saturated carbocycles. The summed E-state index contributed by atoms with van der Waals surface area (Å²) in [6.07, 6.45) is -0.679. The summed E-state index contributed by atoms with van der Waals surface area (Å²) < 4.78 is 24.1. The zero-order chi connectivity index (χ0) is 20.1. The molecule has 1 heterocycles. The van der Waals surface area contributed by atoms with Crippen LogP contribution in [0.1, 0.15) is 39.7 Å². The molecule has 0 radical (unpaired) electrons. The highest BCUT2D eigenvalue weighted by atomic mass is 19.1. The van der Waals surface area contributed by atoms with Gasteiger partial charge in [0.25, 0.3) is 0 Å². The molecule has 2 amide bonds. The summed E-state index contributed by atoms with van der Waals surface area (Å²) in [5.41, 5.74) is -0.550. The Labute approximate surface area is 160 Å². The summed E-state index contributed by atoms with van der Waals surface area (Å²) in [6, 6.07) is 9.34. The molecular weight excluding hydrogens is 351 g/mol. The number of hydrogen-bond acceptors (Lipinski definition) is 4. The summed E-state index contributed by atoms with van der Waals surface area (Å²) in [7, 11) is 0. The molecule has 1 aliphatic rings. The number of nitrogens with zero attached hydrogens (tertiary/aromatic N) is 1. The van der Waals surface area contributed by atoms with Crippen molar-refractivity contribution in [2.45, 2.75) is 51.9 Å².